The Morgan fingerprint density at radius 2 is 1.86 bits per heavy atom. The first-order chi connectivity index (χ1) is 13.7. The molecular weight excluding hydrogens is 389 g/mol. The average molecular weight is 406 g/mol. The fourth-order valence-corrected chi connectivity index (χ4v) is 2.86. The molecule has 3 aromatic rings. The number of hydrogen-bond donors (Lipinski definition) is 2. The van der Waals surface area contributed by atoms with Crippen LogP contribution in [0.1, 0.15) is 18.1 Å². The molecule has 0 atom stereocenters. The van der Waals surface area contributed by atoms with Crippen molar-refractivity contribution in [1.29, 1.82) is 0 Å². The van der Waals surface area contributed by atoms with Crippen LogP contribution in [0, 0.1) is 0 Å². The molecule has 0 saturated carbocycles. The Bertz CT molecular complexity index is 1070. The summed E-state index contributed by atoms with van der Waals surface area (Å²) in [6.07, 6.45) is -3.51. The Kier molecular flexibility index (Phi) is 5.49. The van der Waals surface area contributed by atoms with Crippen molar-refractivity contribution in [1.82, 2.24) is 0 Å². The molecule has 0 aliphatic heterocycles. The largest absolute Gasteiger partial charge is 0.497 e. The molecule has 0 unspecified atom stereocenters. The van der Waals surface area contributed by atoms with E-state index in [1.54, 1.807) is 18.2 Å². The third-order valence-corrected chi connectivity index (χ3v) is 4.13. The minimum Gasteiger partial charge on any atom is -0.497 e. The molecule has 1 aromatic heterocycles. The number of rotatable bonds is 5. The van der Waals surface area contributed by atoms with E-state index in [1.807, 2.05) is 0 Å². The third-order valence-electron chi connectivity index (χ3n) is 4.13. The van der Waals surface area contributed by atoms with Crippen molar-refractivity contribution in [2.24, 2.45) is 0 Å². The highest BCUT2D eigenvalue weighted by Gasteiger charge is 2.34. The monoisotopic (exact) mass is 406 g/mol. The average Bonchev–Trinajstić information content (AvgIpc) is 3.03. The number of alkyl halides is 3. The van der Waals surface area contributed by atoms with Gasteiger partial charge in [-0.15, -0.1) is 0 Å². The highest BCUT2D eigenvalue weighted by molar-refractivity contribution is 5.96. The van der Waals surface area contributed by atoms with Crippen molar-refractivity contribution in [3.05, 3.63) is 53.8 Å². The fourth-order valence-electron chi connectivity index (χ4n) is 2.86. The minimum atomic E-state index is -4.71. The highest BCUT2D eigenvalue weighted by atomic mass is 19.4. The topological polar surface area (TPSA) is 80.6 Å². The van der Waals surface area contributed by atoms with Gasteiger partial charge in [0.05, 0.1) is 31.0 Å². The molecule has 0 fully saturated rings. The molecule has 3 rings (SSSR count). The lowest BCUT2D eigenvalue weighted by Crippen LogP contribution is -2.18. The molecule has 2 aromatic carbocycles. The number of hydrogen-bond acceptors (Lipinski definition) is 4. The van der Waals surface area contributed by atoms with Crippen LogP contribution in [-0.2, 0) is 22.2 Å². The van der Waals surface area contributed by atoms with Gasteiger partial charge < -0.3 is 19.8 Å². The second-order valence-corrected chi connectivity index (χ2v) is 6.29. The molecule has 2 amide bonds. The van der Waals surface area contributed by atoms with Gasteiger partial charge >= 0.3 is 6.18 Å². The van der Waals surface area contributed by atoms with E-state index in [-0.39, 0.29) is 12.1 Å². The lowest BCUT2D eigenvalue weighted by atomic mass is 10.1. The molecule has 29 heavy (non-hydrogen) atoms. The van der Waals surface area contributed by atoms with Crippen molar-refractivity contribution in [3.63, 3.8) is 0 Å². The molecule has 6 nitrogen and oxygen atoms in total. The second kappa shape index (κ2) is 7.86. The summed E-state index contributed by atoms with van der Waals surface area (Å²) >= 11 is 0. The first kappa shape index (κ1) is 20.2. The van der Waals surface area contributed by atoms with E-state index in [1.165, 1.54) is 26.4 Å². The Morgan fingerprint density at radius 1 is 1.10 bits per heavy atom. The molecule has 0 bridgehead atoms. The third kappa shape index (κ3) is 4.68. The quantitative estimate of drug-likeness (QED) is 0.649. The summed E-state index contributed by atoms with van der Waals surface area (Å²) in [6.45, 7) is 1.19. The van der Waals surface area contributed by atoms with Crippen LogP contribution >= 0.6 is 0 Å². The van der Waals surface area contributed by atoms with E-state index >= 15 is 0 Å². The van der Waals surface area contributed by atoms with Crippen molar-refractivity contribution in [2.75, 3.05) is 17.7 Å². The van der Waals surface area contributed by atoms with Gasteiger partial charge in [-0.25, -0.2) is 0 Å². The maximum atomic E-state index is 13.4. The normalized spacial score (nSPS) is 11.3. The molecule has 0 aliphatic rings. The number of carbonyl (C=O) groups is 2. The van der Waals surface area contributed by atoms with Crippen LogP contribution in [0.25, 0.3) is 11.0 Å². The summed E-state index contributed by atoms with van der Waals surface area (Å²) in [5.41, 5.74) is -0.436. The van der Waals surface area contributed by atoms with Gasteiger partial charge in [0, 0.05) is 29.6 Å². The predicted octanol–water partition coefficient (Wildman–Crippen LogP) is 4.60. The SMILES string of the molecule is COc1ccc2c(CC(=O)Nc3ccc(NC(C)=O)cc3C(F)(F)F)coc2c1. The first-order valence-electron chi connectivity index (χ1n) is 8.50. The number of carbonyl (C=O) groups excluding carboxylic acids is 2. The molecule has 0 aliphatic carbocycles. The fraction of sp³-hybridized carbons (Fsp3) is 0.200. The summed E-state index contributed by atoms with van der Waals surface area (Å²) in [6, 6.07) is 8.22. The van der Waals surface area contributed by atoms with Crippen LogP contribution in [0.4, 0.5) is 24.5 Å². The zero-order chi connectivity index (χ0) is 21.2. The summed E-state index contributed by atoms with van der Waals surface area (Å²) in [5, 5.41) is 5.24. The molecular formula is C20H17F3N2O4. The van der Waals surface area contributed by atoms with E-state index in [9.17, 15) is 22.8 Å². The summed E-state index contributed by atoms with van der Waals surface area (Å²) < 4.78 is 50.6. The van der Waals surface area contributed by atoms with E-state index in [0.29, 0.717) is 22.3 Å². The Morgan fingerprint density at radius 3 is 2.52 bits per heavy atom. The van der Waals surface area contributed by atoms with Gasteiger partial charge in [0.1, 0.15) is 11.3 Å². The van der Waals surface area contributed by atoms with E-state index < -0.39 is 29.2 Å². The van der Waals surface area contributed by atoms with Crippen LogP contribution in [0.15, 0.2) is 47.1 Å². The van der Waals surface area contributed by atoms with Crippen LogP contribution < -0.4 is 15.4 Å². The van der Waals surface area contributed by atoms with Gasteiger partial charge in [-0.3, -0.25) is 9.59 Å². The lowest BCUT2D eigenvalue weighted by molar-refractivity contribution is -0.137. The van der Waals surface area contributed by atoms with Crippen LogP contribution in [0.3, 0.4) is 0 Å². The highest BCUT2D eigenvalue weighted by Crippen LogP contribution is 2.37. The van der Waals surface area contributed by atoms with E-state index in [2.05, 4.69) is 10.6 Å². The van der Waals surface area contributed by atoms with E-state index in [0.717, 1.165) is 12.1 Å². The van der Waals surface area contributed by atoms with Gasteiger partial charge in [0.25, 0.3) is 0 Å². The van der Waals surface area contributed by atoms with Gasteiger partial charge in [0.15, 0.2) is 0 Å². The number of nitrogens with one attached hydrogen (secondary N) is 2. The molecule has 1 heterocycles. The summed E-state index contributed by atoms with van der Waals surface area (Å²) in [5.74, 6) is -0.559. The van der Waals surface area contributed by atoms with Gasteiger partial charge in [-0.1, -0.05) is 0 Å². The van der Waals surface area contributed by atoms with Gasteiger partial charge in [0.2, 0.25) is 11.8 Å². The maximum Gasteiger partial charge on any atom is 0.418 e. The number of anilines is 2. The number of ether oxygens (including phenoxy) is 1. The van der Waals surface area contributed by atoms with Crippen molar-refractivity contribution in [2.45, 2.75) is 19.5 Å². The maximum absolute atomic E-state index is 13.4. The van der Waals surface area contributed by atoms with E-state index in [4.69, 9.17) is 9.15 Å². The Hall–Kier alpha value is -3.49. The van der Waals surface area contributed by atoms with Crippen LogP contribution in [0.5, 0.6) is 5.75 Å². The number of amides is 2. The predicted molar refractivity (Wildman–Crippen MR) is 101 cm³/mol. The number of methoxy groups -OCH3 is 1. The molecule has 0 saturated heterocycles. The van der Waals surface area contributed by atoms with Crippen molar-refractivity contribution < 1.29 is 31.9 Å². The van der Waals surface area contributed by atoms with Crippen LogP contribution in [-0.4, -0.2) is 18.9 Å². The molecule has 2 N–H and O–H groups in total. The molecule has 0 spiro atoms. The summed E-state index contributed by atoms with van der Waals surface area (Å²) in [4.78, 5) is 23.5. The van der Waals surface area contributed by atoms with Gasteiger partial charge in [-0.05, 0) is 30.3 Å². The Labute approximate surface area is 163 Å². The van der Waals surface area contributed by atoms with Crippen molar-refractivity contribution >= 4 is 34.2 Å². The number of furan rings is 1. The molecule has 9 heteroatoms. The standard InChI is InChI=1S/C20H17F3N2O4/c1-11(26)24-13-3-6-17(16(8-13)20(21,22)23)25-19(27)7-12-10-29-18-9-14(28-2)4-5-15(12)18/h3-6,8-10H,7H2,1-2H3,(H,24,26)(H,25,27). The second-order valence-electron chi connectivity index (χ2n) is 6.29. The number of benzene rings is 2. The zero-order valence-electron chi connectivity index (χ0n) is 15.5. The smallest absolute Gasteiger partial charge is 0.418 e. The minimum absolute atomic E-state index is 0.0161. The Balaban J connectivity index is 1.82. The van der Waals surface area contributed by atoms with Crippen molar-refractivity contribution in [3.8, 4) is 5.75 Å². The number of halogens is 3. The number of fused-ring (bicyclic) bond motifs is 1. The van der Waals surface area contributed by atoms with Gasteiger partial charge in [-0.2, -0.15) is 13.2 Å². The first-order valence-corrected chi connectivity index (χ1v) is 8.50. The molecule has 0 radical (unpaired) electrons. The zero-order valence-corrected chi connectivity index (χ0v) is 15.5. The van der Waals surface area contributed by atoms with Crippen LogP contribution in [0.2, 0.25) is 0 Å². The summed E-state index contributed by atoms with van der Waals surface area (Å²) in [7, 11) is 1.51. The molecule has 152 valence electrons. The lowest BCUT2D eigenvalue weighted by Gasteiger charge is -2.15.